The number of amides is 1. The van der Waals surface area contributed by atoms with E-state index < -0.39 is 11.7 Å². The number of halogens is 2. The molecular weight excluding hydrogens is 449 g/mol. The third kappa shape index (κ3) is 4.54. The Labute approximate surface area is 193 Å². The van der Waals surface area contributed by atoms with E-state index >= 15 is 0 Å². The van der Waals surface area contributed by atoms with Crippen molar-refractivity contribution in [3.63, 3.8) is 0 Å². The van der Waals surface area contributed by atoms with E-state index in [1.54, 1.807) is 24.3 Å². The molecule has 0 saturated heterocycles. The van der Waals surface area contributed by atoms with Crippen LogP contribution < -0.4 is 10.9 Å². The molecule has 1 amide bonds. The van der Waals surface area contributed by atoms with Crippen LogP contribution in [0.15, 0.2) is 70.6 Å². The first-order valence-corrected chi connectivity index (χ1v) is 11.2. The molecule has 1 N–H and O–H groups in total. The predicted octanol–water partition coefficient (Wildman–Crippen LogP) is 5.53. The van der Waals surface area contributed by atoms with Gasteiger partial charge >= 0.3 is 0 Å². The summed E-state index contributed by atoms with van der Waals surface area (Å²) in [5.74, 6) is -1.10. The Morgan fingerprint density at radius 1 is 1.09 bits per heavy atom. The second kappa shape index (κ2) is 9.14. The van der Waals surface area contributed by atoms with Gasteiger partial charge in [-0.05, 0) is 67.4 Å². The van der Waals surface area contributed by atoms with Gasteiger partial charge in [0.15, 0.2) is 5.16 Å². The van der Waals surface area contributed by atoms with E-state index in [4.69, 9.17) is 11.6 Å². The highest BCUT2D eigenvalue weighted by molar-refractivity contribution is 7.99. The molecule has 162 valence electrons. The minimum atomic E-state index is -0.619. The lowest BCUT2D eigenvalue weighted by molar-refractivity contribution is -0.113. The van der Waals surface area contributed by atoms with Gasteiger partial charge in [-0.3, -0.25) is 14.2 Å². The van der Waals surface area contributed by atoms with Gasteiger partial charge in [0.2, 0.25) is 5.91 Å². The molecule has 0 aliphatic rings. The maximum absolute atomic E-state index is 14.0. The Balaban J connectivity index is 1.68. The molecule has 32 heavy (non-hydrogen) atoms. The van der Waals surface area contributed by atoms with Gasteiger partial charge in [0.05, 0.1) is 28.0 Å². The van der Waals surface area contributed by atoms with Crippen LogP contribution in [0.3, 0.4) is 0 Å². The monoisotopic (exact) mass is 467 g/mol. The topological polar surface area (TPSA) is 64.0 Å². The van der Waals surface area contributed by atoms with E-state index in [0.717, 1.165) is 29.0 Å². The Bertz CT molecular complexity index is 1400. The second-order valence-corrected chi connectivity index (χ2v) is 8.66. The Morgan fingerprint density at radius 2 is 1.88 bits per heavy atom. The standard InChI is InChI=1S/C24H19ClFN3O2S/c1-14-7-9-17(11-15(14)2)29-23(31)18-5-3-4-6-20(18)28-24(29)32-13-22(30)27-21-10-8-16(25)12-19(21)26/h3-12H,13H2,1-2H3,(H,27,30). The molecule has 3 aromatic carbocycles. The Morgan fingerprint density at radius 3 is 2.62 bits per heavy atom. The summed E-state index contributed by atoms with van der Waals surface area (Å²) in [6.07, 6.45) is 0. The molecule has 4 aromatic rings. The van der Waals surface area contributed by atoms with Crippen LogP contribution in [0.1, 0.15) is 11.1 Å². The average Bonchev–Trinajstić information content (AvgIpc) is 2.76. The number of para-hydroxylation sites is 1. The van der Waals surface area contributed by atoms with E-state index in [1.807, 2.05) is 32.0 Å². The number of benzene rings is 3. The molecule has 0 radical (unpaired) electrons. The maximum Gasteiger partial charge on any atom is 0.266 e. The van der Waals surface area contributed by atoms with Gasteiger partial charge in [0, 0.05) is 5.02 Å². The van der Waals surface area contributed by atoms with Crippen LogP contribution in [0.2, 0.25) is 5.02 Å². The minimum Gasteiger partial charge on any atom is -0.323 e. The maximum atomic E-state index is 14.0. The zero-order chi connectivity index (χ0) is 22.8. The number of nitrogens with zero attached hydrogens (tertiary/aromatic N) is 2. The fourth-order valence-electron chi connectivity index (χ4n) is 3.21. The van der Waals surface area contributed by atoms with Crippen LogP contribution in [0.5, 0.6) is 0 Å². The van der Waals surface area contributed by atoms with Gasteiger partial charge in [-0.15, -0.1) is 0 Å². The predicted molar refractivity (Wildman–Crippen MR) is 128 cm³/mol. The molecule has 0 aliphatic carbocycles. The normalized spacial score (nSPS) is 11.0. The van der Waals surface area contributed by atoms with Crippen LogP contribution in [-0.4, -0.2) is 21.2 Å². The van der Waals surface area contributed by atoms with Gasteiger partial charge < -0.3 is 5.32 Å². The van der Waals surface area contributed by atoms with Crippen molar-refractivity contribution >= 4 is 45.9 Å². The van der Waals surface area contributed by atoms with Gasteiger partial charge in [-0.2, -0.15) is 0 Å². The molecule has 8 heteroatoms. The number of aromatic nitrogens is 2. The molecule has 0 aliphatic heterocycles. The molecule has 0 unspecified atom stereocenters. The molecular formula is C24H19ClFN3O2S. The van der Waals surface area contributed by atoms with Crippen molar-refractivity contribution in [1.82, 2.24) is 9.55 Å². The molecule has 0 atom stereocenters. The third-order valence-corrected chi connectivity index (χ3v) is 6.20. The number of aryl methyl sites for hydroxylation is 2. The number of carbonyl (C=O) groups is 1. The summed E-state index contributed by atoms with van der Waals surface area (Å²) in [4.78, 5) is 30.4. The first-order chi connectivity index (χ1) is 15.3. The highest BCUT2D eigenvalue weighted by atomic mass is 35.5. The number of nitrogens with one attached hydrogen (secondary N) is 1. The summed E-state index contributed by atoms with van der Waals surface area (Å²) in [5, 5.41) is 3.64. The van der Waals surface area contributed by atoms with Crippen molar-refractivity contribution in [2.45, 2.75) is 19.0 Å². The van der Waals surface area contributed by atoms with Crippen molar-refractivity contribution in [2.24, 2.45) is 0 Å². The van der Waals surface area contributed by atoms with Crippen molar-refractivity contribution < 1.29 is 9.18 Å². The number of hydrogen-bond donors (Lipinski definition) is 1. The van der Waals surface area contributed by atoms with Crippen LogP contribution in [-0.2, 0) is 4.79 Å². The van der Waals surface area contributed by atoms with Crippen molar-refractivity contribution in [2.75, 3.05) is 11.1 Å². The molecule has 5 nitrogen and oxygen atoms in total. The summed E-state index contributed by atoms with van der Waals surface area (Å²) >= 11 is 6.86. The largest absolute Gasteiger partial charge is 0.323 e. The van der Waals surface area contributed by atoms with Gasteiger partial charge in [0.25, 0.3) is 5.56 Å². The summed E-state index contributed by atoms with van der Waals surface area (Å²) < 4.78 is 15.5. The molecule has 0 saturated carbocycles. The quantitative estimate of drug-likeness (QED) is 0.310. The zero-order valence-corrected chi connectivity index (χ0v) is 18.9. The van der Waals surface area contributed by atoms with Crippen molar-refractivity contribution in [1.29, 1.82) is 0 Å². The van der Waals surface area contributed by atoms with Crippen molar-refractivity contribution in [3.8, 4) is 5.69 Å². The number of rotatable bonds is 5. The van der Waals surface area contributed by atoms with Gasteiger partial charge in [0.1, 0.15) is 5.82 Å². The first kappa shape index (κ1) is 22.0. The SMILES string of the molecule is Cc1ccc(-n2c(SCC(=O)Nc3ccc(Cl)cc3F)nc3ccccc3c2=O)cc1C. The Kier molecular flexibility index (Phi) is 6.30. The number of hydrogen-bond acceptors (Lipinski definition) is 4. The molecule has 0 bridgehead atoms. The smallest absolute Gasteiger partial charge is 0.266 e. The average molecular weight is 468 g/mol. The van der Waals surface area contributed by atoms with E-state index in [9.17, 15) is 14.0 Å². The lowest BCUT2D eigenvalue weighted by atomic mass is 10.1. The van der Waals surface area contributed by atoms with E-state index in [-0.39, 0.29) is 22.0 Å². The minimum absolute atomic E-state index is 0.0398. The van der Waals surface area contributed by atoms with E-state index in [2.05, 4.69) is 10.3 Å². The molecule has 4 rings (SSSR count). The molecule has 0 spiro atoms. The van der Waals surface area contributed by atoms with Gasteiger partial charge in [-0.25, -0.2) is 9.37 Å². The molecule has 1 aromatic heterocycles. The lowest BCUT2D eigenvalue weighted by Crippen LogP contribution is -2.23. The number of thioether (sulfide) groups is 1. The third-order valence-electron chi connectivity index (χ3n) is 5.03. The fourth-order valence-corrected chi connectivity index (χ4v) is 4.18. The summed E-state index contributed by atoms with van der Waals surface area (Å²) in [6.45, 7) is 3.97. The number of fused-ring (bicyclic) bond motifs is 1. The summed E-state index contributed by atoms with van der Waals surface area (Å²) in [7, 11) is 0. The highest BCUT2D eigenvalue weighted by Gasteiger charge is 2.16. The Hall–Kier alpha value is -3.16. The van der Waals surface area contributed by atoms with Crippen LogP contribution in [0, 0.1) is 19.7 Å². The summed E-state index contributed by atoms with van der Waals surface area (Å²) in [6, 6.07) is 16.8. The van der Waals surface area contributed by atoms with Crippen LogP contribution >= 0.6 is 23.4 Å². The van der Waals surface area contributed by atoms with Crippen LogP contribution in [0.25, 0.3) is 16.6 Å². The van der Waals surface area contributed by atoms with E-state index in [0.29, 0.717) is 21.7 Å². The summed E-state index contributed by atoms with van der Waals surface area (Å²) in [5.41, 5.74) is 3.18. The number of carbonyl (C=O) groups excluding carboxylic acids is 1. The molecule has 1 heterocycles. The zero-order valence-electron chi connectivity index (χ0n) is 17.4. The first-order valence-electron chi connectivity index (χ1n) is 9.80. The number of anilines is 1. The fraction of sp³-hybridized carbons (Fsp3) is 0.125. The lowest BCUT2D eigenvalue weighted by Gasteiger charge is -2.14. The molecule has 0 fully saturated rings. The second-order valence-electron chi connectivity index (χ2n) is 7.28. The van der Waals surface area contributed by atoms with Crippen molar-refractivity contribution in [3.05, 3.63) is 93.0 Å². The highest BCUT2D eigenvalue weighted by Crippen LogP contribution is 2.24. The van der Waals surface area contributed by atoms with Crippen LogP contribution in [0.4, 0.5) is 10.1 Å². The van der Waals surface area contributed by atoms with E-state index in [1.165, 1.54) is 16.7 Å². The van der Waals surface area contributed by atoms with Gasteiger partial charge in [-0.1, -0.05) is 41.6 Å².